The number of nitrogens with zero attached hydrogens (tertiary/aromatic N) is 2. The van der Waals surface area contributed by atoms with Crippen molar-refractivity contribution in [3.8, 4) is 11.5 Å². The van der Waals surface area contributed by atoms with Crippen molar-refractivity contribution in [1.82, 2.24) is 9.55 Å². The molecule has 7 nitrogen and oxygen atoms in total. The first-order valence-corrected chi connectivity index (χ1v) is 5.55. The zero-order valence-corrected chi connectivity index (χ0v) is 12.2. The molecule has 0 saturated heterocycles. The van der Waals surface area contributed by atoms with Crippen LogP contribution < -0.4 is 5.69 Å². The molecule has 0 saturated carbocycles. The summed E-state index contributed by atoms with van der Waals surface area (Å²) in [7, 11) is 0. The fourth-order valence-corrected chi connectivity index (χ4v) is 1.87. The van der Waals surface area contributed by atoms with Gasteiger partial charge in [0.25, 0.3) is 0 Å². The van der Waals surface area contributed by atoms with Crippen LogP contribution in [0.25, 0.3) is 10.9 Å². The predicted molar refractivity (Wildman–Crippen MR) is 76.6 cm³/mol. The summed E-state index contributed by atoms with van der Waals surface area (Å²) in [6.07, 6.45) is -0.235. The highest BCUT2D eigenvalue weighted by atomic mass is 79.9. The summed E-state index contributed by atoms with van der Waals surface area (Å²) in [5.74, 6) is -1.73. The van der Waals surface area contributed by atoms with Gasteiger partial charge in [0.2, 0.25) is 0 Å². The van der Waals surface area contributed by atoms with Gasteiger partial charge < -0.3 is 15.3 Å². The highest BCUT2D eigenvalue weighted by molar-refractivity contribution is 8.93. The molecule has 20 heavy (non-hydrogen) atoms. The van der Waals surface area contributed by atoms with E-state index in [1.165, 1.54) is 12.1 Å². The number of fused-ring (bicyclic) bond motifs is 1. The number of rotatable bonds is 3. The van der Waals surface area contributed by atoms with E-state index in [1.54, 1.807) is 6.92 Å². The number of aliphatic carboxylic acids is 1. The molecular weight excluding hydrogens is 332 g/mol. The van der Waals surface area contributed by atoms with Gasteiger partial charge in [-0.2, -0.15) is 4.98 Å². The quantitative estimate of drug-likeness (QED) is 0.720. The summed E-state index contributed by atoms with van der Waals surface area (Å²) in [6, 6.07) is 2.52. The Balaban J connectivity index is 0.00000200. The summed E-state index contributed by atoms with van der Waals surface area (Å²) in [4.78, 5) is 26.1. The standard InChI is InChI=1S/C12H12N2O5.BrH/c1-6-7-4-9(15)10(16)5-8(7)14(12(19)13-6)3-2-11(17)18;/h4-5,15-16H,2-3H2,1H3,(H,17,18);1H. The van der Waals surface area contributed by atoms with Crippen molar-refractivity contribution in [3.63, 3.8) is 0 Å². The van der Waals surface area contributed by atoms with Crippen LogP contribution in [0, 0.1) is 6.92 Å². The van der Waals surface area contributed by atoms with Crippen LogP contribution in [0.4, 0.5) is 0 Å². The number of carboxylic acids is 1. The van der Waals surface area contributed by atoms with Gasteiger partial charge in [-0.05, 0) is 13.0 Å². The number of carbonyl (C=O) groups is 1. The number of benzene rings is 1. The van der Waals surface area contributed by atoms with E-state index in [2.05, 4.69) is 4.98 Å². The first kappa shape index (κ1) is 16.0. The van der Waals surface area contributed by atoms with Crippen LogP contribution in [0.1, 0.15) is 12.1 Å². The van der Waals surface area contributed by atoms with Gasteiger partial charge in [0, 0.05) is 18.0 Å². The summed E-state index contributed by atoms with van der Waals surface area (Å²) in [6.45, 7) is 1.55. The number of hydrogen-bond donors (Lipinski definition) is 3. The van der Waals surface area contributed by atoms with Crippen molar-refractivity contribution in [2.24, 2.45) is 0 Å². The van der Waals surface area contributed by atoms with E-state index in [1.807, 2.05) is 0 Å². The van der Waals surface area contributed by atoms with Crippen LogP contribution >= 0.6 is 17.0 Å². The molecule has 0 atom stereocenters. The minimum absolute atomic E-state index is 0. The van der Waals surface area contributed by atoms with Gasteiger partial charge in [-0.3, -0.25) is 9.36 Å². The molecule has 0 aliphatic rings. The molecule has 0 spiro atoms. The lowest BCUT2D eigenvalue weighted by Gasteiger charge is -2.11. The van der Waals surface area contributed by atoms with Crippen LogP contribution in [0.3, 0.4) is 0 Å². The number of halogens is 1. The van der Waals surface area contributed by atoms with Gasteiger partial charge in [0.1, 0.15) is 0 Å². The minimum Gasteiger partial charge on any atom is -0.504 e. The predicted octanol–water partition coefficient (Wildman–Crippen LogP) is 1.17. The van der Waals surface area contributed by atoms with Crippen molar-refractivity contribution >= 4 is 33.9 Å². The van der Waals surface area contributed by atoms with E-state index in [0.717, 1.165) is 4.57 Å². The van der Waals surface area contributed by atoms with E-state index in [-0.39, 0.29) is 41.4 Å². The van der Waals surface area contributed by atoms with E-state index in [9.17, 15) is 19.8 Å². The van der Waals surface area contributed by atoms with Crippen molar-refractivity contribution < 1.29 is 20.1 Å². The number of aromatic nitrogens is 2. The third kappa shape index (κ3) is 2.90. The van der Waals surface area contributed by atoms with Crippen molar-refractivity contribution in [2.45, 2.75) is 19.9 Å². The maximum Gasteiger partial charge on any atom is 0.348 e. The average Bonchev–Trinajstić information content (AvgIpc) is 2.31. The second-order valence-corrected chi connectivity index (χ2v) is 4.13. The van der Waals surface area contributed by atoms with Gasteiger partial charge in [-0.1, -0.05) is 0 Å². The molecule has 1 aromatic heterocycles. The Morgan fingerprint density at radius 1 is 1.30 bits per heavy atom. The zero-order valence-electron chi connectivity index (χ0n) is 10.5. The number of aryl methyl sites for hydroxylation is 2. The summed E-state index contributed by atoms with van der Waals surface area (Å²) in [5, 5.41) is 28.1. The molecule has 0 amide bonds. The normalized spacial score (nSPS) is 10.2. The molecule has 0 aliphatic heterocycles. The number of hydrogen-bond acceptors (Lipinski definition) is 5. The Morgan fingerprint density at radius 3 is 2.50 bits per heavy atom. The first-order chi connectivity index (χ1) is 8.90. The van der Waals surface area contributed by atoms with Crippen molar-refractivity contribution in [1.29, 1.82) is 0 Å². The Bertz CT molecular complexity index is 726. The number of aromatic hydroxyl groups is 2. The molecule has 0 aliphatic carbocycles. The number of phenolic OH excluding ortho intramolecular Hbond substituents is 2. The maximum absolute atomic E-state index is 11.8. The molecule has 2 rings (SSSR count). The lowest BCUT2D eigenvalue weighted by molar-refractivity contribution is -0.137. The van der Waals surface area contributed by atoms with Crippen LogP contribution in [-0.4, -0.2) is 30.8 Å². The molecule has 8 heteroatoms. The Morgan fingerprint density at radius 2 is 1.90 bits per heavy atom. The molecule has 0 bridgehead atoms. The Labute approximate surface area is 123 Å². The van der Waals surface area contributed by atoms with E-state index >= 15 is 0 Å². The smallest absolute Gasteiger partial charge is 0.348 e. The maximum atomic E-state index is 11.8. The molecule has 1 aromatic carbocycles. The molecule has 0 fully saturated rings. The molecule has 1 heterocycles. The molecule has 2 aromatic rings. The van der Waals surface area contributed by atoms with Gasteiger partial charge in [0.15, 0.2) is 11.5 Å². The molecule has 0 unspecified atom stereocenters. The monoisotopic (exact) mass is 344 g/mol. The van der Waals surface area contributed by atoms with E-state index in [4.69, 9.17) is 5.11 Å². The van der Waals surface area contributed by atoms with Gasteiger partial charge in [-0.15, -0.1) is 17.0 Å². The van der Waals surface area contributed by atoms with Gasteiger partial charge in [-0.25, -0.2) is 4.79 Å². The van der Waals surface area contributed by atoms with Crippen LogP contribution in [-0.2, 0) is 11.3 Å². The second kappa shape index (κ2) is 5.91. The minimum atomic E-state index is -1.04. The van der Waals surface area contributed by atoms with Crippen molar-refractivity contribution in [2.75, 3.05) is 0 Å². The highest BCUT2D eigenvalue weighted by Crippen LogP contribution is 2.30. The first-order valence-electron chi connectivity index (χ1n) is 5.55. The number of phenols is 2. The second-order valence-electron chi connectivity index (χ2n) is 4.13. The lowest BCUT2D eigenvalue weighted by Crippen LogP contribution is -2.25. The lowest BCUT2D eigenvalue weighted by atomic mass is 10.1. The van der Waals surface area contributed by atoms with Crippen LogP contribution in [0.2, 0.25) is 0 Å². The number of carboxylic acid groups (broad SMARTS) is 1. The third-order valence-electron chi connectivity index (χ3n) is 2.82. The average molecular weight is 345 g/mol. The Hall–Kier alpha value is -2.09. The third-order valence-corrected chi connectivity index (χ3v) is 2.82. The van der Waals surface area contributed by atoms with Gasteiger partial charge >= 0.3 is 11.7 Å². The van der Waals surface area contributed by atoms with Crippen LogP contribution in [0.15, 0.2) is 16.9 Å². The summed E-state index contributed by atoms with van der Waals surface area (Å²) < 4.78 is 1.16. The fourth-order valence-electron chi connectivity index (χ4n) is 1.87. The summed E-state index contributed by atoms with van der Waals surface area (Å²) >= 11 is 0. The molecular formula is C12H13BrN2O5. The highest BCUT2D eigenvalue weighted by Gasteiger charge is 2.12. The molecule has 0 radical (unpaired) electrons. The largest absolute Gasteiger partial charge is 0.504 e. The summed E-state index contributed by atoms with van der Waals surface area (Å²) in [5.41, 5.74) is 0.160. The van der Waals surface area contributed by atoms with Crippen LogP contribution in [0.5, 0.6) is 11.5 Å². The van der Waals surface area contributed by atoms with E-state index < -0.39 is 11.7 Å². The molecule has 108 valence electrons. The zero-order chi connectivity index (χ0) is 14.2. The van der Waals surface area contributed by atoms with Gasteiger partial charge in [0.05, 0.1) is 17.6 Å². The Kier molecular flexibility index (Phi) is 4.72. The van der Waals surface area contributed by atoms with Crippen molar-refractivity contribution in [3.05, 3.63) is 28.3 Å². The SMILES string of the molecule is Br.Cc1nc(=O)n(CCC(=O)O)c2cc(O)c(O)cc12. The van der Waals surface area contributed by atoms with E-state index in [0.29, 0.717) is 16.6 Å². The molecule has 3 N–H and O–H groups in total. The topological polar surface area (TPSA) is 113 Å². The fraction of sp³-hybridized carbons (Fsp3) is 0.250.